The van der Waals surface area contributed by atoms with E-state index in [9.17, 15) is 9.90 Å². The summed E-state index contributed by atoms with van der Waals surface area (Å²) in [6.07, 6.45) is 7.70. The number of aromatic nitrogens is 6. The van der Waals surface area contributed by atoms with Crippen LogP contribution >= 0.6 is 33.2 Å². The molecule has 2 aromatic heterocycles. The van der Waals surface area contributed by atoms with Gasteiger partial charge in [-0.05, 0) is 47.9 Å². The number of aliphatic hydroxyl groups excluding tert-OH is 1. The van der Waals surface area contributed by atoms with E-state index in [4.69, 9.17) is 16.7 Å². The molecule has 0 aliphatic carbocycles. The van der Waals surface area contributed by atoms with E-state index in [2.05, 4.69) is 56.8 Å². The van der Waals surface area contributed by atoms with Crippen molar-refractivity contribution in [2.24, 2.45) is 0 Å². The third-order valence-electron chi connectivity index (χ3n) is 6.99. The van der Waals surface area contributed by atoms with Gasteiger partial charge in [-0.15, -0.1) is 0 Å². The van der Waals surface area contributed by atoms with Crippen LogP contribution in [0.5, 0.6) is 0 Å². The van der Waals surface area contributed by atoms with Gasteiger partial charge in [0.1, 0.15) is 5.82 Å². The maximum atomic E-state index is 10.2. The molecule has 1 atom stereocenters. The Morgan fingerprint density at radius 1 is 1.12 bits per heavy atom. The molecule has 13 heteroatoms. The molecule has 1 fully saturated rings. The maximum Gasteiger partial charge on any atom is 1.00 e. The smallest absolute Gasteiger partial charge is 0.481 e. The quantitative estimate of drug-likeness (QED) is 0.124. The number of aliphatic carboxylic acids is 1. The van der Waals surface area contributed by atoms with E-state index in [0.29, 0.717) is 29.6 Å². The number of rotatable bonds is 13. The second-order valence-electron chi connectivity index (χ2n) is 10.0. The Morgan fingerprint density at radius 3 is 2.51 bits per heavy atom. The molecular formula is C30H36ClKN6O3S2. The number of tetrazole rings is 1. The molecule has 0 spiro atoms. The fourth-order valence-corrected chi connectivity index (χ4v) is 8.02. The zero-order valence-corrected chi connectivity index (χ0v) is 30.2. The molecule has 1 saturated heterocycles. The third kappa shape index (κ3) is 11.0. The van der Waals surface area contributed by atoms with Gasteiger partial charge in [-0.1, -0.05) is 101 Å². The molecule has 43 heavy (non-hydrogen) atoms. The molecule has 0 bridgehead atoms. The van der Waals surface area contributed by atoms with Gasteiger partial charge in [0.2, 0.25) is 0 Å². The molecule has 4 aromatic rings. The number of carbonyl (C=O) groups is 1. The van der Waals surface area contributed by atoms with Crippen LogP contribution in [-0.4, -0.2) is 52.3 Å². The second kappa shape index (κ2) is 19.3. The minimum atomic E-state index is -0.663. The predicted molar refractivity (Wildman–Crippen MR) is 169 cm³/mol. The largest absolute Gasteiger partial charge is 1.00 e. The number of halogens is 1. The number of aryl methyl sites for hydroxylation is 1. The SMILES string of the molecule is CCCCc1nc(Cl)c(CO)n1Cc1ccc(-c2ccccc2-c2nnn[n-]2)cc1.O=C(O)CCCCC1CCSS1.[K+]. The topological polar surface area (TPSA) is 128 Å². The monoisotopic (exact) mass is 666 g/mol. The molecule has 9 nitrogen and oxygen atoms in total. The van der Waals surface area contributed by atoms with Crippen molar-refractivity contribution in [3.05, 3.63) is 70.8 Å². The molecule has 0 saturated carbocycles. The molecule has 3 heterocycles. The summed E-state index contributed by atoms with van der Waals surface area (Å²) in [5.41, 5.74) is 4.72. The molecule has 1 aliphatic heterocycles. The number of hydrogen-bond acceptors (Lipinski definition) is 8. The Kier molecular flexibility index (Phi) is 16.3. The normalized spacial score (nSPS) is 14.2. The van der Waals surface area contributed by atoms with Crippen molar-refractivity contribution < 1.29 is 66.4 Å². The summed E-state index contributed by atoms with van der Waals surface area (Å²) in [6, 6.07) is 16.2. The van der Waals surface area contributed by atoms with Crippen LogP contribution < -0.4 is 56.5 Å². The summed E-state index contributed by atoms with van der Waals surface area (Å²) in [7, 11) is 3.92. The summed E-state index contributed by atoms with van der Waals surface area (Å²) in [5, 5.41) is 34.5. The van der Waals surface area contributed by atoms with Gasteiger partial charge in [-0.2, -0.15) is 5.21 Å². The molecule has 0 radical (unpaired) electrons. The Labute approximate surface area is 308 Å². The summed E-state index contributed by atoms with van der Waals surface area (Å²) >= 11 is 6.25. The number of benzene rings is 2. The Bertz CT molecular complexity index is 1400. The molecule has 5 rings (SSSR count). The average Bonchev–Trinajstić information content (AvgIpc) is 3.78. The Hall–Kier alpha value is -1.22. The predicted octanol–water partition coefficient (Wildman–Crippen LogP) is 3.69. The summed E-state index contributed by atoms with van der Waals surface area (Å²) < 4.78 is 2.02. The number of imidazole rings is 1. The van der Waals surface area contributed by atoms with Gasteiger partial charge >= 0.3 is 57.4 Å². The zero-order valence-electron chi connectivity index (χ0n) is 24.7. The zero-order chi connectivity index (χ0) is 29.7. The van der Waals surface area contributed by atoms with E-state index < -0.39 is 5.97 Å². The van der Waals surface area contributed by atoms with Gasteiger partial charge in [0, 0.05) is 36.2 Å². The third-order valence-corrected chi connectivity index (χ3v) is 10.3. The van der Waals surface area contributed by atoms with Crippen molar-refractivity contribution in [2.75, 3.05) is 5.75 Å². The van der Waals surface area contributed by atoms with Crippen LogP contribution in [0.2, 0.25) is 5.15 Å². The second-order valence-corrected chi connectivity index (χ2v) is 13.2. The van der Waals surface area contributed by atoms with E-state index in [1.165, 1.54) is 18.6 Å². The van der Waals surface area contributed by atoms with E-state index in [-0.39, 0.29) is 58.0 Å². The van der Waals surface area contributed by atoms with Crippen LogP contribution in [-0.2, 0) is 24.4 Å². The number of carboxylic acids is 1. The van der Waals surface area contributed by atoms with Crippen LogP contribution in [0.1, 0.15) is 69.0 Å². The fraction of sp³-hybridized carbons (Fsp3) is 0.433. The van der Waals surface area contributed by atoms with Gasteiger partial charge in [0.15, 0.2) is 5.15 Å². The first-order valence-corrected chi connectivity index (χ1v) is 17.0. The maximum absolute atomic E-state index is 10.2. The minimum Gasteiger partial charge on any atom is -0.481 e. The Balaban J connectivity index is 0.000000329. The Morgan fingerprint density at radius 2 is 1.88 bits per heavy atom. The van der Waals surface area contributed by atoms with Crippen molar-refractivity contribution in [1.29, 1.82) is 0 Å². The van der Waals surface area contributed by atoms with Crippen LogP contribution in [0.3, 0.4) is 0 Å². The fourth-order valence-electron chi connectivity index (χ4n) is 4.74. The van der Waals surface area contributed by atoms with Crippen LogP contribution in [0.4, 0.5) is 0 Å². The number of nitrogens with zero attached hydrogens (tertiary/aromatic N) is 6. The molecule has 2 N–H and O–H groups in total. The van der Waals surface area contributed by atoms with Crippen molar-refractivity contribution >= 4 is 39.2 Å². The van der Waals surface area contributed by atoms with Gasteiger partial charge in [-0.3, -0.25) is 15.1 Å². The van der Waals surface area contributed by atoms with Crippen LogP contribution in [0.15, 0.2) is 48.5 Å². The van der Waals surface area contributed by atoms with E-state index >= 15 is 0 Å². The van der Waals surface area contributed by atoms with Gasteiger partial charge in [0.05, 0.1) is 12.3 Å². The summed E-state index contributed by atoms with van der Waals surface area (Å²) in [6.45, 7) is 2.62. The van der Waals surface area contributed by atoms with E-state index in [1.54, 1.807) is 0 Å². The number of carboxylic acid groups (broad SMARTS) is 1. The van der Waals surface area contributed by atoms with Crippen molar-refractivity contribution in [1.82, 2.24) is 30.2 Å². The van der Waals surface area contributed by atoms with Gasteiger partial charge < -0.3 is 19.9 Å². The van der Waals surface area contributed by atoms with Gasteiger partial charge in [0.25, 0.3) is 0 Å². The number of hydrogen-bond donors (Lipinski definition) is 2. The molecule has 2 aromatic carbocycles. The average molecular weight is 667 g/mol. The standard InChI is InChI=1S/C22H22ClN6O.C8H14O2S2.K/c1-2-3-8-20-24-21(23)19(14-30)29(20)13-15-9-11-16(12-10-15)17-6-4-5-7-18(17)22-25-27-28-26-22;9-8(10)4-2-1-3-7-5-6-11-12-7;/h4-7,9-12,30H,2-3,8,13-14H2,1H3;7H,1-6H2,(H,9,10);/q-1;;+1. The van der Waals surface area contributed by atoms with Crippen molar-refractivity contribution in [3.63, 3.8) is 0 Å². The number of unbranched alkanes of at least 4 members (excludes halogenated alkanes) is 2. The first-order chi connectivity index (χ1) is 20.5. The van der Waals surface area contributed by atoms with E-state index in [0.717, 1.165) is 65.4 Å². The minimum absolute atomic E-state index is 0. The van der Waals surface area contributed by atoms with Crippen LogP contribution in [0.25, 0.3) is 22.5 Å². The molecule has 224 valence electrons. The first kappa shape index (κ1) is 36.2. The molecule has 1 unspecified atom stereocenters. The summed E-state index contributed by atoms with van der Waals surface area (Å²) in [5.74, 6) is 2.03. The van der Waals surface area contributed by atoms with Gasteiger partial charge in [-0.25, -0.2) is 4.98 Å². The van der Waals surface area contributed by atoms with Crippen LogP contribution in [0, 0.1) is 0 Å². The molecular weight excluding hydrogens is 631 g/mol. The first-order valence-electron chi connectivity index (χ1n) is 14.2. The van der Waals surface area contributed by atoms with E-state index in [1.807, 2.05) is 50.4 Å². The molecule has 1 aliphatic rings. The number of aliphatic hydroxyl groups is 1. The van der Waals surface area contributed by atoms with Crippen molar-refractivity contribution in [2.45, 2.75) is 76.7 Å². The molecule has 0 amide bonds. The van der Waals surface area contributed by atoms with Crippen molar-refractivity contribution in [3.8, 4) is 22.5 Å². The summed E-state index contributed by atoms with van der Waals surface area (Å²) in [4.78, 5) is 14.6.